The fourth-order valence-electron chi connectivity index (χ4n) is 0. The summed E-state index contributed by atoms with van der Waals surface area (Å²) in [6.45, 7) is 0. The van der Waals surface area contributed by atoms with Crippen molar-refractivity contribution < 1.29 is 5.21 Å². The lowest BCUT2D eigenvalue weighted by atomic mass is 11.2. The molecular formula is C2H8ClNO. The lowest BCUT2D eigenvalue weighted by Crippen LogP contribution is -2.01. The van der Waals surface area contributed by atoms with Gasteiger partial charge in [-0.05, 0) is 0 Å². The standard InChI is InChI=1S/C2H7NO.ClH/c1-3(2)4;/h4H,1-2H3;1H. The van der Waals surface area contributed by atoms with Crippen LogP contribution in [0.5, 0.6) is 0 Å². The molecule has 2 nitrogen and oxygen atoms in total. The Labute approximate surface area is 37.8 Å². The van der Waals surface area contributed by atoms with Crippen molar-refractivity contribution >= 4 is 12.4 Å². The highest BCUT2D eigenvalue weighted by Crippen LogP contribution is 1.46. The number of nitrogens with zero attached hydrogens (tertiary/aromatic N) is 1. The maximum Gasteiger partial charge on any atom is 0.0121 e. The summed E-state index contributed by atoms with van der Waals surface area (Å²) < 4.78 is 0. The summed E-state index contributed by atoms with van der Waals surface area (Å²) >= 11 is 0. The summed E-state index contributed by atoms with van der Waals surface area (Å²) in [5.41, 5.74) is 0. The Bertz CT molecular complexity index is 14.4. The average molecular weight is 97.5 g/mol. The lowest BCUT2D eigenvalue weighted by molar-refractivity contribution is -0.0372. The summed E-state index contributed by atoms with van der Waals surface area (Å²) in [5.74, 6) is 0. The highest BCUT2D eigenvalue weighted by Gasteiger charge is 1.59. The quantitative estimate of drug-likeness (QED) is 0.441. The first kappa shape index (κ1) is 8.96. The molecule has 0 saturated heterocycles. The third kappa shape index (κ3) is 466. The molecule has 0 fully saturated rings. The van der Waals surface area contributed by atoms with Crippen LogP contribution in [0.1, 0.15) is 0 Å². The van der Waals surface area contributed by atoms with Crippen molar-refractivity contribution in [3.8, 4) is 0 Å². The SMILES string of the molecule is CN(C)O.Cl. The fourth-order valence-corrected chi connectivity index (χ4v) is 0. The highest BCUT2D eigenvalue weighted by molar-refractivity contribution is 5.85. The van der Waals surface area contributed by atoms with Crippen LogP contribution in [-0.4, -0.2) is 24.4 Å². The molecular weight excluding hydrogens is 89.5 g/mol. The molecule has 0 spiro atoms. The van der Waals surface area contributed by atoms with E-state index in [1.54, 1.807) is 14.1 Å². The van der Waals surface area contributed by atoms with Gasteiger partial charge in [-0.15, -0.1) is 12.4 Å². The molecule has 0 aromatic rings. The van der Waals surface area contributed by atoms with Crippen molar-refractivity contribution in [2.75, 3.05) is 14.1 Å². The van der Waals surface area contributed by atoms with Gasteiger partial charge in [0.1, 0.15) is 0 Å². The van der Waals surface area contributed by atoms with Gasteiger partial charge in [0.2, 0.25) is 0 Å². The summed E-state index contributed by atoms with van der Waals surface area (Å²) in [4.78, 5) is 0. The van der Waals surface area contributed by atoms with E-state index in [4.69, 9.17) is 5.21 Å². The maximum atomic E-state index is 7.89. The summed E-state index contributed by atoms with van der Waals surface area (Å²) in [7, 11) is 3.11. The molecule has 0 aromatic heterocycles. The number of hydrogen-bond acceptors (Lipinski definition) is 2. The molecule has 3 heteroatoms. The molecule has 0 atom stereocenters. The zero-order valence-electron chi connectivity index (χ0n) is 3.30. The zero-order valence-corrected chi connectivity index (χ0v) is 4.12. The van der Waals surface area contributed by atoms with E-state index >= 15 is 0 Å². The molecule has 0 aliphatic carbocycles. The van der Waals surface area contributed by atoms with E-state index < -0.39 is 0 Å². The van der Waals surface area contributed by atoms with Gasteiger partial charge in [0.05, 0.1) is 0 Å². The number of hydrogen-bond donors (Lipinski definition) is 1. The molecule has 0 saturated carbocycles. The van der Waals surface area contributed by atoms with Gasteiger partial charge >= 0.3 is 0 Å². The van der Waals surface area contributed by atoms with Gasteiger partial charge in [-0.2, -0.15) is 5.06 Å². The molecule has 0 aliphatic heterocycles. The Hall–Kier alpha value is 0.210. The third-order valence-corrected chi connectivity index (χ3v) is 0. The second-order valence-corrected chi connectivity index (χ2v) is 0.847. The van der Waals surface area contributed by atoms with E-state index in [9.17, 15) is 0 Å². The molecule has 0 rings (SSSR count). The van der Waals surface area contributed by atoms with Crippen molar-refractivity contribution in [1.82, 2.24) is 5.06 Å². The van der Waals surface area contributed by atoms with E-state index in [1.165, 1.54) is 0 Å². The predicted molar refractivity (Wildman–Crippen MR) is 22.7 cm³/mol. The van der Waals surface area contributed by atoms with E-state index in [2.05, 4.69) is 0 Å². The molecule has 0 radical (unpaired) electrons. The lowest BCUT2D eigenvalue weighted by Gasteiger charge is -1.89. The van der Waals surface area contributed by atoms with Gasteiger partial charge in [-0.1, -0.05) is 0 Å². The van der Waals surface area contributed by atoms with E-state index in [0.717, 1.165) is 5.06 Å². The molecule has 0 heterocycles. The number of hydroxylamine groups is 2. The van der Waals surface area contributed by atoms with Crippen LogP contribution in [-0.2, 0) is 0 Å². The van der Waals surface area contributed by atoms with E-state index in [0.29, 0.717) is 0 Å². The molecule has 5 heavy (non-hydrogen) atoms. The predicted octanol–water partition coefficient (Wildman–Crippen LogP) is 0.359. The summed E-state index contributed by atoms with van der Waals surface area (Å²) in [5, 5.41) is 8.89. The van der Waals surface area contributed by atoms with Crippen molar-refractivity contribution in [2.24, 2.45) is 0 Å². The number of halogens is 1. The molecule has 0 aromatic carbocycles. The smallest absolute Gasteiger partial charge is 0.0121 e. The Morgan fingerprint density at radius 2 is 1.40 bits per heavy atom. The minimum absolute atomic E-state index is 0. The molecule has 0 aliphatic rings. The normalized spacial score (nSPS) is 7.20. The van der Waals surface area contributed by atoms with Crippen LogP contribution in [0.4, 0.5) is 0 Å². The summed E-state index contributed by atoms with van der Waals surface area (Å²) in [6.07, 6.45) is 0. The highest BCUT2D eigenvalue weighted by atomic mass is 35.5. The van der Waals surface area contributed by atoms with Gasteiger partial charge < -0.3 is 5.21 Å². The fraction of sp³-hybridized carbons (Fsp3) is 1.00. The average Bonchev–Trinajstić information content (AvgIpc) is 0.811. The Morgan fingerprint density at radius 1 is 1.40 bits per heavy atom. The van der Waals surface area contributed by atoms with Crippen molar-refractivity contribution in [1.29, 1.82) is 0 Å². The first-order valence-electron chi connectivity index (χ1n) is 1.09. The molecule has 0 unspecified atom stereocenters. The van der Waals surface area contributed by atoms with Crippen LogP contribution in [0, 0.1) is 0 Å². The van der Waals surface area contributed by atoms with Crippen LogP contribution in [0.15, 0.2) is 0 Å². The zero-order chi connectivity index (χ0) is 3.58. The minimum Gasteiger partial charge on any atom is -0.315 e. The van der Waals surface area contributed by atoms with E-state index in [-0.39, 0.29) is 12.4 Å². The molecule has 0 bridgehead atoms. The van der Waals surface area contributed by atoms with Crippen molar-refractivity contribution in [2.45, 2.75) is 0 Å². The largest absolute Gasteiger partial charge is 0.315 e. The van der Waals surface area contributed by atoms with Gasteiger partial charge in [0.15, 0.2) is 0 Å². The Kier molecular flexibility index (Phi) is 7.55. The first-order valence-corrected chi connectivity index (χ1v) is 1.09. The van der Waals surface area contributed by atoms with Gasteiger partial charge in [0.25, 0.3) is 0 Å². The maximum absolute atomic E-state index is 7.89. The Morgan fingerprint density at radius 3 is 1.40 bits per heavy atom. The number of rotatable bonds is 0. The van der Waals surface area contributed by atoms with Gasteiger partial charge in [-0.3, -0.25) is 0 Å². The molecule has 1 N–H and O–H groups in total. The third-order valence-electron chi connectivity index (χ3n) is 0. The van der Waals surface area contributed by atoms with Crippen LogP contribution in [0.3, 0.4) is 0 Å². The van der Waals surface area contributed by atoms with E-state index in [1.807, 2.05) is 0 Å². The molecule has 0 amide bonds. The van der Waals surface area contributed by atoms with Crippen molar-refractivity contribution in [3.05, 3.63) is 0 Å². The first-order chi connectivity index (χ1) is 1.73. The van der Waals surface area contributed by atoms with Crippen LogP contribution in [0.2, 0.25) is 0 Å². The minimum atomic E-state index is 0. The van der Waals surface area contributed by atoms with Crippen LogP contribution in [0.25, 0.3) is 0 Å². The van der Waals surface area contributed by atoms with Gasteiger partial charge in [-0.25, -0.2) is 0 Å². The topological polar surface area (TPSA) is 23.5 Å². The van der Waals surface area contributed by atoms with Gasteiger partial charge in [0, 0.05) is 14.1 Å². The second-order valence-electron chi connectivity index (χ2n) is 0.847. The van der Waals surface area contributed by atoms with Crippen LogP contribution < -0.4 is 0 Å². The Balaban J connectivity index is 0. The summed E-state index contributed by atoms with van der Waals surface area (Å²) in [6, 6.07) is 0. The van der Waals surface area contributed by atoms with Crippen LogP contribution >= 0.6 is 12.4 Å². The second kappa shape index (κ2) is 4.21. The van der Waals surface area contributed by atoms with Crippen molar-refractivity contribution in [3.63, 3.8) is 0 Å². The monoisotopic (exact) mass is 97.0 g/mol. The molecule has 34 valence electrons.